The second-order valence-electron chi connectivity index (χ2n) is 11.3. The molecule has 0 heterocycles. The molecule has 0 aliphatic carbocycles. The summed E-state index contributed by atoms with van der Waals surface area (Å²) in [6, 6.07) is 6.05. The minimum absolute atomic E-state index is 0.0254. The first-order chi connectivity index (χ1) is 16.7. The largest absolute Gasteiger partial charge is 0.461 e. The molecule has 0 aromatic heterocycles. The van der Waals surface area contributed by atoms with E-state index in [0.29, 0.717) is 25.8 Å². The van der Waals surface area contributed by atoms with Crippen molar-refractivity contribution in [2.75, 3.05) is 6.54 Å². The smallest absolute Gasteiger partial charge is 0.312 e. The van der Waals surface area contributed by atoms with Gasteiger partial charge in [-0.2, -0.15) is 0 Å². The van der Waals surface area contributed by atoms with E-state index in [0.717, 1.165) is 11.1 Å². The number of urea groups is 1. The average molecular weight is 504 g/mol. The number of nitrogens with one attached hydrogen (secondary N) is 2. The summed E-state index contributed by atoms with van der Waals surface area (Å²) in [6.45, 7) is 14.4. The molecule has 8 heteroatoms. The van der Waals surface area contributed by atoms with E-state index in [4.69, 9.17) is 10.5 Å². The summed E-state index contributed by atoms with van der Waals surface area (Å²) in [4.78, 5) is 49.1. The monoisotopic (exact) mass is 503 g/mol. The Morgan fingerprint density at radius 1 is 0.972 bits per heavy atom. The van der Waals surface area contributed by atoms with Gasteiger partial charge in [-0.05, 0) is 41.7 Å². The van der Waals surface area contributed by atoms with Gasteiger partial charge in [0.1, 0.15) is 6.61 Å². The highest BCUT2D eigenvalue weighted by atomic mass is 16.5. The van der Waals surface area contributed by atoms with E-state index in [1.807, 2.05) is 38.1 Å². The lowest BCUT2D eigenvalue weighted by Gasteiger charge is -2.29. The minimum Gasteiger partial charge on any atom is -0.461 e. The Balaban J connectivity index is 2.89. The van der Waals surface area contributed by atoms with E-state index >= 15 is 0 Å². The van der Waals surface area contributed by atoms with Crippen molar-refractivity contribution in [3.05, 3.63) is 35.4 Å². The molecule has 202 valence electrons. The number of esters is 1. The van der Waals surface area contributed by atoms with Gasteiger partial charge in [0.05, 0.1) is 12.0 Å². The number of carbonyl (C=O) groups is 4. The number of benzene rings is 1. The summed E-state index contributed by atoms with van der Waals surface area (Å²) < 4.78 is 5.25. The van der Waals surface area contributed by atoms with Gasteiger partial charge in [0, 0.05) is 18.9 Å². The fraction of sp³-hybridized carbons (Fsp3) is 0.643. The zero-order valence-electron chi connectivity index (χ0n) is 23.0. The van der Waals surface area contributed by atoms with Crippen molar-refractivity contribution in [2.45, 2.75) is 86.8 Å². The Morgan fingerprint density at radius 3 is 2.06 bits per heavy atom. The Hall–Kier alpha value is -2.90. The maximum atomic E-state index is 13.2. The molecule has 1 aromatic rings. The third-order valence-electron chi connectivity index (χ3n) is 5.90. The Labute approximate surface area is 216 Å². The number of hydrogen-bond donors (Lipinski definition) is 3. The molecule has 8 nitrogen and oxygen atoms in total. The lowest BCUT2D eigenvalue weighted by Crippen LogP contribution is -2.46. The van der Waals surface area contributed by atoms with Gasteiger partial charge in [-0.1, -0.05) is 72.7 Å². The van der Waals surface area contributed by atoms with Gasteiger partial charge in [0.25, 0.3) is 0 Å². The second-order valence-corrected chi connectivity index (χ2v) is 11.3. The van der Waals surface area contributed by atoms with Crippen LogP contribution in [0.1, 0.15) is 78.9 Å². The van der Waals surface area contributed by atoms with Crippen molar-refractivity contribution in [3.63, 3.8) is 0 Å². The lowest BCUT2D eigenvalue weighted by molar-refractivity contribution is -0.148. The van der Waals surface area contributed by atoms with E-state index < -0.39 is 12.1 Å². The van der Waals surface area contributed by atoms with Gasteiger partial charge >= 0.3 is 12.0 Å². The number of hydrogen-bond acceptors (Lipinski definition) is 5. The maximum Gasteiger partial charge on any atom is 0.312 e. The first-order valence-electron chi connectivity index (χ1n) is 12.8. The molecule has 2 atom stereocenters. The molecule has 0 aliphatic heterocycles. The highest BCUT2D eigenvalue weighted by Crippen LogP contribution is 2.29. The average Bonchev–Trinajstić information content (AvgIpc) is 2.77. The van der Waals surface area contributed by atoms with Crippen LogP contribution in [0.4, 0.5) is 4.79 Å². The zero-order valence-corrected chi connectivity index (χ0v) is 23.0. The summed E-state index contributed by atoms with van der Waals surface area (Å²) >= 11 is 0. The number of primary amides is 1. The molecule has 0 saturated carbocycles. The molecule has 1 aromatic carbocycles. The maximum absolute atomic E-state index is 13.2. The predicted octanol–water partition coefficient (Wildman–Crippen LogP) is 4.14. The second kappa shape index (κ2) is 14.6. The van der Waals surface area contributed by atoms with Crippen molar-refractivity contribution in [1.82, 2.24) is 10.6 Å². The topological polar surface area (TPSA) is 128 Å². The highest BCUT2D eigenvalue weighted by molar-refractivity contribution is 5.91. The van der Waals surface area contributed by atoms with Crippen LogP contribution in [0.25, 0.3) is 0 Å². The van der Waals surface area contributed by atoms with Crippen LogP contribution < -0.4 is 16.4 Å². The van der Waals surface area contributed by atoms with Crippen molar-refractivity contribution in [3.8, 4) is 0 Å². The summed E-state index contributed by atoms with van der Waals surface area (Å²) in [7, 11) is 0. The normalized spacial score (nSPS) is 13.2. The van der Waals surface area contributed by atoms with Crippen LogP contribution in [0.3, 0.4) is 0 Å². The van der Waals surface area contributed by atoms with Crippen LogP contribution in [-0.4, -0.2) is 36.3 Å². The van der Waals surface area contributed by atoms with Crippen molar-refractivity contribution < 1.29 is 23.9 Å². The highest BCUT2D eigenvalue weighted by Gasteiger charge is 2.30. The van der Waals surface area contributed by atoms with Crippen molar-refractivity contribution in [2.24, 2.45) is 28.9 Å². The molecular formula is C28H45N3O5. The van der Waals surface area contributed by atoms with Gasteiger partial charge < -0.3 is 21.1 Å². The summed E-state index contributed by atoms with van der Waals surface area (Å²) in [5.74, 6) is -0.746. The molecule has 0 fully saturated rings. The molecule has 0 bridgehead atoms. The Morgan fingerprint density at radius 2 is 1.56 bits per heavy atom. The van der Waals surface area contributed by atoms with E-state index in [1.165, 1.54) is 0 Å². The van der Waals surface area contributed by atoms with E-state index in [2.05, 4.69) is 31.4 Å². The molecule has 0 saturated heterocycles. The Bertz CT molecular complexity index is 872. The number of nitrogens with two attached hydrogens (primary N) is 1. The molecule has 0 radical (unpaired) electrons. The third kappa shape index (κ3) is 12.2. The van der Waals surface area contributed by atoms with Gasteiger partial charge in [-0.25, -0.2) is 4.79 Å². The number of rotatable bonds is 14. The van der Waals surface area contributed by atoms with Gasteiger partial charge in [-0.15, -0.1) is 0 Å². The molecule has 0 spiro atoms. The number of amides is 3. The van der Waals surface area contributed by atoms with Crippen LogP contribution in [-0.2, 0) is 32.1 Å². The first kappa shape index (κ1) is 31.1. The summed E-state index contributed by atoms with van der Waals surface area (Å²) in [6.07, 6.45) is 1.77. The molecule has 0 unspecified atom stereocenters. The van der Waals surface area contributed by atoms with E-state index in [9.17, 15) is 19.2 Å². The van der Waals surface area contributed by atoms with Gasteiger partial charge in [-0.3, -0.25) is 14.4 Å². The van der Waals surface area contributed by atoms with Crippen LogP contribution in [0.2, 0.25) is 0 Å². The summed E-state index contributed by atoms with van der Waals surface area (Å²) in [5.41, 5.74) is 6.76. The predicted molar refractivity (Wildman–Crippen MR) is 141 cm³/mol. The van der Waals surface area contributed by atoms with Crippen molar-refractivity contribution >= 4 is 23.7 Å². The first-order valence-corrected chi connectivity index (χ1v) is 12.8. The van der Waals surface area contributed by atoms with Crippen LogP contribution in [0, 0.1) is 23.2 Å². The minimum atomic E-state index is -0.667. The molecule has 0 aliphatic rings. The summed E-state index contributed by atoms with van der Waals surface area (Å²) in [5, 5.41) is 5.52. The van der Waals surface area contributed by atoms with Gasteiger partial charge in [0.2, 0.25) is 5.91 Å². The fourth-order valence-corrected chi connectivity index (χ4v) is 3.80. The zero-order chi connectivity index (χ0) is 27.5. The van der Waals surface area contributed by atoms with Crippen LogP contribution in [0.15, 0.2) is 24.3 Å². The quantitative estimate of drug-likeness (QED) is 0.260. The van der Waals surface area contributed by atoms with Crippen molar-refractivity contribution in [1.29, 1.82) is 0 Å². The number of carbonyl (C=O) groups excluding carboxylic acids is 4. The number of ether oxygens (including phenoxy) is 1. The van der Waals surface area contributed by atoms with E-state index in [-0.39, 0.29) is 53.9 Å². The fourth-order valence-electron chi connectivity index (χ4n) is 3.80. The molecule has 4 N–H and O–H groups in total. The van der Waals surface area contributed by atoms with Crippen LogP contribution >= 0.6 is 0 Å². The third-order valence-corrected chi connectivity index (χ3v) is 5.90. The molecule has 36 heavy (non-hydrogen) atoms. The molecule has 3 amide bonds. The van der Waals surface area contributed by atoms with Gasteiger partial charge in [0.15, 0.2) is 5.78 Å². The molecule has 1 rings (SSSR count). The molecular weight excluding hydrogens is 458 g/mol. The van der Waals surface area contributed by atoms with E-state index in [1.54, 1.807) is 13.8 Å². The Kier molecular flexibility index (Phi) is 12.6. The lowest BCUT2D eigenvalue weighted by atomic mass is 9.79. The number of ketones is 1. The standard InChI is InChI=1S/C28H45N3O5/c1-18(2)22(16-28(5,6)7)25(33)31-23(9-8-14-30-27(29)35)24(32)15-20-10-12-21(13-11-20)17-36-26(34)19(3)4/h10-13,18-19,22-23H,8-9,14-17H2,1-7H3,(H,31,33)(H3,29,30,35)/t22-,23-/m0/s1. The van der Waals surface area contributed by atoms with Crippen LogP contribution in [0.5, 0.6) is 0 Å². The number of Topliss-reactive ketones (excluding diaryl/α,β-unsaturated/α-hetero) is 1. The SMILES string of the molecule is CC(C)C(=O)OCc1ccc(CC(=O)[C@H](CCCNC(N)=O)NC(=O)[C@@H](CC(C)(C)C)C(C)C)cc1.